The highest BCUT2D eigenvalue weighted by atomic mass is 35.5. The number of thiophene rings is 1. The summed E-state index contributed by atoms with van der Waals surface area (Å²) in [5.74, 6) is 0.0741. The van der Waals surface area contributed by atoms with Crippen molar-refractivity contribution < 1.29 is 9.53 Å². The summed E-state index contributed by atoms with van der Waals surface area (Å²) in [5.41, 5.74) is 1.60. The number of fused-ring (bicyclic) bond motifs is 1. The topological polar surface area (TPSA) is 73.2 Å². The molecule has 0 bridgehead atoms. The van der Waals surface area contributed by atoms with E-state index >= 15 is 0 Å². The van der Waals surface area contributed by atoms with Crippen LogP contribution in [0.4, 0.5) is 0 Å². The van der Waals surface area contributed by atoms with Crippen LogP contribution in [-0.4, -0.2) is 40.5 Å². The van der Waals surface area contributed by atoms with Gasteiger partial charge in [-0.05, 0) is 30.5 Å². The number of aromatic nitrogens is 2. The van der Waals surface area contributed by atoms with Gasteiger partial charge in [-0.25, -0.2) is 4.98 Å². The van der Waals surface area contributed by atoms with E-state index in [9.17, 15) is 9.59 Å². The van der Waals surface area contributed by atoms with Crippen LogP contribution in [0, 0.1) is 0 Å². The Balaban J connectivity index is 1.57. The van der Waals surface area contributed by atoms with Crippen LogP contribution in [-0.2, 0) is 16.1 Å². The minimum atomic E-state index is -0.140. The normalized spacial score (nSPS) is 16.0. The monoisotopic (exact) mass is 475 g/mol. The van der Waals surface area contributed by atoms with E-state index in [1.54, 1.807) is 22.8 Å². The minimum Gasteiger partial charge on any atom is -0.376 e. The molecule has 6 nitrogen and oxygen atoms in total. The molecule has 1 N–H and O–H groups in total. The van der Waals surface area contributed by atoms with E-state index in [1.807, 2.05) is 17.5 Å². The number of amides is 1. The standard InChI is InChI=1S/C22H22ClN3O3S2/c1-2-9-26-21(28)19-17(14-5-7-15(23)8-6-14)12-30-20(19)25-22(26)31-13-18(27)24-11-16-4-3-10-29-16/h2,5-8,12,16H,1,3-4,9-11,13H2,(H,24,27). The number of carbonyl (C=O) groups is 1. The van der Waals surface area contributed by atoms with Crippen molar-refractivity contribution in [3.05, 3.63) is 57.7 Å². The molecule has 0 spiro atoms. The van der Waals surface area contributed by atoms with E-state index in [1.165, 1.54) is 23.1 Å². The zero-order valence-electron chi connectivity index (χ0n) is 16.8. The van der Waals surface area contributed by atoms with Crippen molar-refractivity contribution in [3.63, 3.8) is 0 Å². The van der Waals surface area contributed by atoms with E-state index in [4.69, 9.17) is 21.3 Å². The number of hydrogen-bond acceptors (Lipinski definition) is 6. The number of carbonyl (C=O) groups excluding carboxylic acids is 1. The van der Waals surface area contributed by atoms with Crippen LogP contribution in [0.3, 0.4) is 0 Å². The Bertz CT molecular complexity index is 1150. The highest BCUT2D eigenvalue weighted by molar-refractivity contribution is 7.99. The number of benzene rings is 1. The van der Waals surface area contributed by atoms with Crippen molar-refractivity contribution in [1.82, 2.24) is 14.9 Å². The van der Waals surface area contributed by atoms with Gasteiger partial charge in [-0.15, -0.1) is 17.9 Å². The average Bonchev–Trinajstić information content (AvgIpc) is 3.44. The molecule has 1 amide bonds. The number of ether oxygens (including phenoxy) is 1. The lowest BCUT2D eigenvalue weighted by Gasteiger charge is -2.12. The molecule has 1 atom stereocenters. The van der Waals surface area contributed by atoms with Crippen LogP contribution >= 0.6 is 34.7 Å². The molecule has 3 heterocycles. The van der Waals surface area contributed by atoms with Crippen molar-refractivity contribution in [1.29, 1.82) is 0 Å². The molecule has 31 heavy (non-hydrogen) atoms. The molecule has 0 radical (unpaired) electrons. The maximum Gasteiger partial charge on any atom is 0.263 e. The molecule has 162 valence electrons. The van der Waals surface area contributed by atoms with E-state index in [0.717, 1.165) is 30.6 Å². The second kappa shape index (κ2) is 9.99. The number of nitrogens with zero attached hydrogens (tertiary/aromatic N) is 2. The number of halogens is 1. The summed E-state index contributed by atoms with van der Waals surface area (Å²) in [7, 11) is 0. The first-order valence-electron chi connectivity index (χ1n) is 9.97. The molecule has 0 aliphatic carbocycles. The van der Waals surface area contributed by atoms with Crippen molar-refractivity contribution in [3.8, 4) is 11.1 Å². The Hall–Kier alpha value is -2.13. The Kier molecular flexibility index (Phi) is 7.12. The number of thioether (sulfide) groups is 1. The SMILES string of the molecule is C=CCn1c(SCC(=O)NCC2CCCO2)nc2scc(-c3ccc(Cl)cc3)c2c1=O. The van der Waals surface area contributed by atoms with E-state index in [0.29, 0.717) is 33.5 Å². The number of nitrogens with one attached hydrogen (secondary N) is 1. The Morgan fingerprint density at radius 1 is 1.42 bits per heavy atom. The van der Waals surface area contributed by atoms with Crippen LogP contribution in [0.15, 0.2) is 52.3 Å². The number of rotatable bonds is 8. The molecule has 1 fully saturated rings. The van der Waals surface area contributed by atoms with Gasteiger partial charge in [0.25, 0.3) is 5.56 Å². The third-order valence-corrected chi connectivity index (χ3v) is 7.11. The Morgan fingerprint density at radius 3 is 2.94 bits per heavy atom. The number of hydrogen-bond donors (Lipinski definition) is 1. The van der Waals surface area contributed by atoms with Crippen molar-refractivity contribution in [2.45, 2.75) is 30.6 Å². The van der Waals surface area contributed by atoms with Crippen molar-refractivity contribution >= 4 is 50.8 Å². The molecule has 1 saturated heterocycles. The van der Waals surface area contributed by atoms with Gasteiger partial charge in [0, 0.05) is 35.7 Å². The Labute approximate surface area is 193 Å². The molecule has 9 heteroatoms. The molecule has 0 saturated carbocycles. The summed E-state index contributed by atoms with van der Waals surface area (Å²) in [4.78, 5) is 31.0. The smallest absolute Gasteiger partial charge is 0.263 e. The summed E-state index contributed by atoms with van der Waals surface area (Å²) in [5, 5.41) is 6.55. The van der Waals surface area contributed by atoms with Gasteiger partial charge >= 0.3 is 0 Å². The zero-order chi connectivity index (χ0) is 21.8. The van der Waals surface area contributed by atoms with Gasteiger partial charge in [-0.1, -0.05) is 41.6 Å². The van der Waals surface area contributed by atoms with Gasteiger partial charge in [0.15, 0.2) is 5.16 Å². The zero-order valence-corrected chi connectivity index (χ0v) is 19.2. The molecular weight excluding hydrogens is 454 g/mol. The predicted molar refractivity (Wildman–Crippen MR) is 127 cm³/mol. The first-order chi connectivity index (χ1) is 15.1. The molecular formula is C22H22ClN3O3S2. The van der Waals surface area contributed by atoms with Crippen LogP contribution in [0.1, 0.15) is 12.8 Å². The molecule has 1 aliphatic rings. The van der Waals surface area contributed by atoms with Crippen LogP contribution in [0.5, 0.6) is 0 Å². The molecule has 3 aromatic rings. The van der Waals surface area contributed by atoms with Gasteiger partial charge in [-0.2, -0.15) is 0 Å². The quantitative estimate of drug-likeness (QED) is 0.298. The van der Waals surface area contributed by atoms with Crippen LogP contribution in [0.25, 0.3) is 21.3 Å². The van der Waals surface area contributed by atoms with E-state index < -0.39 is 0 Å². The summed E-state index contributed by atoms with van der Waals surface area (Å²) in [6.45, 7) is 5.35. The second-order valence-corrected chi connectivity index (χ2v) is 9.40. The van der Waals surface area contributed by atoms with Gasteiger partial charge in [0.05, 0.1) is 17.2 Å². The summed E-state index contributed by atoms with van der Waals surface area (Å²) >= 11 is 8.67. The fourth-order valence-electron chi connectivity index (χ4n) is 3.46. The van der Waals surface area contributed by atoms with Crippen molar-refractivity contribution in [2.24, 2.45) is 0 Å². The van der Waals surface area contributed by atoms with Gasteiger partial charge in [0.1, 0.15) is 4.83 Å². The lowest BCUT2D eigenvalue weighted by atomic mass is 10.1. The van der Waals surface area contributed by atoms with Crippen LogP contribution in [0.2, 0.25) is 5.02 Å². The lowest BCUT2D eigenvalue weighted by molar-refractivity contribution is -0.119. The van der Waals surface area contributed by atoms with Gasteiger partial charge < -0.3 is 10.1 Å². The summed E-state index contributed by atoms with van der Waals surface area (Å²) in [6.07, 6.45) is 3.76. The first kappa shape index (κ1) is 22.1. The van der Waals surface area contributed by atoms with Crippen LogP contribution < -0.4 is 10.9 Å². The highest BCUT2D eigenvalue weighted by Crippen LogP contribution is 2.32. The molecule has 1 aromatic carbocycles. The van der Waals surface area contributed by atoms with Crippen molar-refractivity contribution in [2.75, 3.05) is 18.9 Å². The first-order valence-corrected chi connectivity index (χ1v) is 12.2. The van der Waals surface area contributed by atoms with E-state index in [2.05, 4.69) is 11.9 Å². The van der Waals surface area contributed by atoms with Gasteiger partial charge in [-0.3, -0.25) is 14.2 Å². The largest absolute Gasteiger partial charge is 0.376 e. The summed E-state index contributed by atoms with van der Waals surface area (Å²) in [6, 6.07) is 7.38. The van der Waals surface area contributed by atoms with E-state index in [-0.39, 0.29) is 23.3 Å². The summed E-state index contributed by atoms with van der Waals surface area (Å²) < 4.78 is 7.10. The second-order valence-electron chi connectivity index (χ2n) is 7.16. The third kappa shape index (κ3) is 5.03. The molecule has 4 rings (SSSR count). The fourth-order valence-corrected chi connectivity index (χ4v) is 5.41. The Morgan fingerprint density at radius 2 is 2.23 bits per heavy atom. The third-order valence-electron chi connectivity index (χ3n) is 5.01. The average molecular weight is 476 g/mol. The minimum absolute atomic E-state index is 0.0970. The maximum absolute atomic E-state index is 13.3. The van der Waals surface area contributed by atoms with Gasteiger partial charge in [0.2, 0.25) is 5.91 Å². The highest BCUT2D eigenvalue weighted by Gasteiger charge is 2.19. The maximum atomic E-state index is 13.3. The fraction of sp³-hybridized carbons (Fsp3) is 0.318. The predicted octanol–water partition coefficient (Wildman–Crippen LogP) is 4.35. The molecule has 2 aromatic heterocycles. The molecule has 1 aliphatic heterocycles. The lowest BCUT2D eigenvalue weighted by Crippen LogP contribution is -2.33. The molecule has 1 unspecified atom stereocenters. The number of allylic oxidation sites excluding steroid dienone is 1.